The minimum Gasteiger partial charge on any atom is -0.493 e. The summed E-state index contributed by atoms with van der Waals surface area (Å²) in [6.45, 7) is 6.51. The van der Waals surface area contributed by atoms with Crippen LogP contribution < -0.4 is 20.1 Å². The van der Waals surface area contributed by atoms with Crippen LogP contribution in [0, 0.1) is 0 Å². The van der Waals surface area contributed by atoms with Crippen LogP contribution in [-0.2, 0) is 11.2 Å². The number of hydrogen-bond donors (Lipinski definition) is 3. The number of anilines is 2. The maximum atomic E-state index is 13.0. The third-order valence-electron chi connectivity index (χ3n) is 7.02. The Kier molecular flexibility index (Phi) is 7.76. The van der Waals surface area contributed by atoms with Gasteiger partial charge in [-0.25, -0.2) is 0 Å². The highest BCUT2D eigenvalue weighted by molar-refractivity contribution is 6.32. The second-order valence-electron chi connectivity index (χ2n) is 9.51. The number of nitrogens with zero attached hydrogens (tertiary/aromatic N) is 3. The number of H-pyrrole nitrogens is 1. The van der Waals surface area contributed by atoms with Crippen molar-refractivity contribution in [3.8, 4) is 22.8 Å². The highest BCUT2D eigenvalue weighted by Gasteiger charge is 2.31. The summed E-state index contributed by atoms with van der Waals surface area (Å²) in [4.78, 5) is 37.2. The number of amides is 2. The molecule has 0 saturated carbocycles. The Balaban J connectivity index is 1.52. The molecule has 1 aromatic carbocycles. The van der Waals surface area contributed by atoms with E-state index in [9.17, 15) is 9.59 Å². The van der Waals surface area contributed by atoms with Gasteiger partial charge in [-0.3, -0.25) is 14.6 Å². The SMILES string of the molecule is C=CC(=O)N1CCN(C)C[C@H]1COc1cnccc1-c1[nH]c2c(c1Nc1cccc(Cl)c1OC)C(=O)NCC2. The van der Waals surface area contributed by atoms with Gasteiger partial charge in [-0.05, 0) is 31.3 Å². The Morgan fingerprint density at radius 2 is 2.18 bits per heavy atom. The van der Waals surface area contributed by atoms with Gasteiger partial charge in [-0.1, -0.05) is 24.2 Å². The predicted molar refractivity (Wildman–Crippen MR) is 150 cm³/mol. The molecule has 5 rings (SSSR count). The number of pyridine rings is 1. The fourth-order valence-electron chi connectivity index (χ4n) is 5.10. The van der Waals surface area contributed by atoms with Crippen LogP contribution in [0.3, 0.4) is 0 Å². The molecule has 2 aliphatic heterocycles. The number of hydrogen-bond acceptors (Lipinski definition) is 7. The highest BCUT2D eigenvalue weighted by atomic mass is 35.5. The van der Waals surface area contributed by atoms with E-state index in [0.717, 1.165) is 17.8 Å². The van der Waals surface area contributed by atoms with E-state index in [-0.39, 0.29) is 24.5 Å². The van der Waals surface area contributed by atoms with E-state index in [1.807, 2.05) is 25.2 Å². The van der Waals surface area contributed by atoms with E-state index < -0.39 is 0 Å². The number of piperazine rings is 1. The summed E-state index contributed by atoms with van der Waals surface area (Å²) in [6, 6.07) is 7.07. The second kappa shape index (κ2) is 11.4. The van der Waals surface area contributed by atoms with Crippen molar-refractivity contribution in [2.45, 2.75) is 12.5 Å². The number of halogens is 1. The van der Waals surface area contributed by atoms with Crippen LogP contribution in [0.1, 0.15) is 16.1 Å². The van der Waals surface area contributed by atoms with Crippen molar-refractivity contribution in [3.63, 3.8) is 0 Å². The molecule has 1 fully saturated rings. The number of aromatic amines is 1. The molecule has 0 aliphatic carbocycles. The molecule has 1 saturated heterocycles. The van der Waals surface area contributed by atoms with Gasteiger partial charge in [0, 0.05) is 50.1 Å². The first-order valence-corrected chi connectivity index (χ1v) is 13.1. The normalized spacial score (nSPS) is 17.3. The Hall–Kier alpha value is -4.02. The van der Waals surface area contributed by atoms with Gasteiger partial charge < -0.3 is 34.9 Å². The van der Waals surface area contributed by atoms with Crippen LogP contribution in [0.2, 0.25) is 5.02 Å². The number of carbonyl (C=O) groups excluding carboxylic acids is 2. The minimum atomic E-state index is -0.178. The molecule has 39 heavy (non-hydrogen) atoms. The van der Waals surface area contributed by atoms with Crippen molar-refractivity contribution >= 4 is 34.8 Å². The predicted octanol–water partition coefficient (Wildman–Crippen LogP) is 3.48. The molecule has 11 heteroatoms. The van der Waals surface area contributed by atoms with Crippen molar-refractivity contribution in [1.29, 1.82) is 0 Å². The molecule has 4 heterocycles. The number of likely N-dealkylation sites (N-methyl/N-ethyl adjacent to an activating group) is 1. The lowest BCUT2D eigenvalue weighted by Gasteiger charge is -2.39. The van der Waals surface area contributed by atoms with Crippen molar-refractivity contribution in [2.24, 2.45) is 0 Å². The molecule has 204 valence electrons. The first-order valence-electron chi connectivity index (χ1n) is 12.7. The van der Waals surface area contributed by atoms with Gasteiger partial charge in [0.1, 0.15) is 12.4 Å². The van der Waals surface area contributed by atoms with Gasteiger partial charge >= 0.3 is 0 Å². The summed E-state index contributed by atoms with van der Waals surface area (Å²) in [6.07, 6.45) is 5.31. The maximum Gasteiger partial charge on any atom is 0.255 e. The number of para-hydroxylation sites is 1. The van der Waals surface area contributed by atoms with Gasteiger partial charge in [0.05, 0.1) is 47.0 Å². The Labute approximate surface area is 231 Å². The molecular weight excluding hydrogens is 520 g/mol. The number of aromatic nitrogens is 2. The number of rotatable bonds is 8. The van der Waals surface area contributed by atoms with Gasteiger partial charge in [0.15, 0.2) is 5.75 Å². The fraction of sp³-hybridized carbons (Fsp3) is 0.321. The van der Waals surface area contributed by atoms with Crippen molar-refractivity contribution < 1.29 is 19.1 Å². The number of nitrogens with one attached hydrogen (secondary N) is 3. The Morgan fingerprint density at radius 1 is 1.33 bits per heavy atom. The van der Waals surface area contributed by atoms with E-state index in [4.69, 9.17) is 21.1 Å². The largest absolute Gasteiger partial charge is 0.493 e. The molecule has 3 aromatic rings. The number of fused-ring (bicyclic) bond motifs is 1. The Bertz CT molecular complexity index is 1410. The quantitative estimate of drug-likeness (QED) is 0.368. The van der Waals surface area contributed by atoms with Crippen molar-refractivity contribution in [3.05, 3.63) is 65.6 Å². The molecule has 0 bridgehead atoms. The zero-order chi connectivity index (χ0) is 27.5. The summed E-state index contributed by atoms with van der Waals surface area (Å²) in [5.41, 5.74) is 3.94. The van der Waals surface area contributed by atoms with Gasteiger partial charge in [-0.2, -0.15) is 0 Å². The van der Waals surface area contributed by atoms with Crippen LogP contribution in [0.5, 0.6) is 11.5 Å². The van der Waals surface area contributed by atoms with Gasteiger partial charge in [0.25, 0.3) is 5.91 Å². The minimum absolute atomic E-state index is 0.117. The summed E-state index contributed by atoms with van der Waals surface area (Å²) < 4.78 is 11.9. The lowest BCUT2D eigenvalue weighted by molar-refractivity contribution is -0.131. The standard InChI is InChI=1S/C28H31ClN6O4/c1-4-23(36)35-13-12-34(2)15-17(35)16-39-22-14-30-10-8-18(22)25-26(24-20(32-25)9-11-31-28(24)37)33-21-7-5-6-19(29)27(21)38-3/h4-8,10,14,17,32-33H,1,9,11-13,15-16H2,2-3H3,(H,31,37)/t17-/m0/s1. The van der Waals surface area contributed by atoms with E-state index in [2.05, 4.69) is 32.1 Å². The first kappa shape index (κ1) is 26.6. The molecule has 2 amide bonds. The van der Waals surface area contributed by atoms with Crippen molar-refractivity contribution in [2.75, 3.05) is 52.3 Å². The lowest BCUT2D eigenvalue weighted by atomic mass is 10.0. The van der Waals surface area contributed by atoms with E-state index >= 15 is 0 Å². The van der Waals surface area contributed by atoms with Crippen molar-refractivity contribution in [1.82, 2.24) is 25.1 Å². The molecule has 2 aliphatic rings. The van der Waals surface area contributed by atoms with Gasteiger partial charge in [0.2, 0.25) is 5.91 Å². The third kappa shape index (κ3) is 5.30. The van der Waals surface area contributed by atoms with Gasteiger partial charge in [-0.15, -0.1) is 0 Å². The molecule has 10 nitrogen and oxygen atoms in total. The summed E-state index contributed by atoms with van der Waals surface area (Å²) in [7, 11) is 3.57. The average Bonchev–Trinajstić information content (AvgIpc) is 3.31. The molecule has 0 unspecified atom stereocenters. The maximum absolute atomic E-state index is 13.0. The molecule has 3 N–H and O–H groups in total. The van der Waals surface area contributed by atoms with Crippen LogP contribution in [0.25, 0.3) is 11.3 Å². The average molecular weight is 551 g/mol. The number of methoxy groups -OCH3 is 1. The zero-order valence-electron chi connectivity index (χ0n) is 21.9. The molecule has 0 radical (unpaired) electrons. The topological polar surface area (TPSA) is 112 Å². The van der Waals surface area contributed by atoms with Crippen LogP contribution in [0.4, 0.5) is 11.4 Å². The lowest BCUT2D eigenvalue weighted by Crippen LogP contribution is -2.55. The third-order valence-corrected chi connectivity index (χ3v) is 7.32. The van der Waals surface area contributed by atoms with Crippen LogP contribution in [-0.4, -0.2) is 84.6 Å². The monoisotopic (exact) mass is 550 g/mol. The molecule has 1 atom stereocenters. The van der Waals surface area contributed by atoms with Crippen LogP contribution in [0.15, 0.2) is 49.3 Å². The van der Waals surface area contributed by atoms with E-state index in [1.165, 1.54) is 6.08 Å². The molecule has 0 spiro atoms. The smallest absolute Gasteiger partial charge is 0.255 e. The fourth-order valence-corrected chi connectivity index (χ4v) is 5.36. The summed E-state index contributed by atoms with van der Waals surface area (Å²) >= 11 is 6.38. The second-order valence-corrected chi connectivity index (χ2v) is 9.92. The molecular formula is C28H31ClN6O4. The zero-order valence-corrected chi connectivity index (χ0v) is 22.7. The van der Waals surface area contributed by atoms with Crippen LogP contribution >= 0.6 is 11.6 Å². The molecule has 2 aromatic heterocycles. The highest BCUT2D eigenvalue weighted by Crippen LogP contribution is 2.42. The number of carbonyl (C=O) groups is 2. The summed E-state index contributed by atoms with van der Waals surface area (Å²) in [5.74, 6) is 0.698. The summed E-state index contributed by atoms with van der Waals surface area (Å²) in [5, 5.41) is 6.76. The first-order chi connectivity index (χ1) is 18.9. The Morgan fingerprint density at radius 3 is 2.97 bits per heavy atom. The van der Waals surface area contributed by atoms with E-state index in [0.29, 0.717) is 65.2 Å². The number of benzene rings is 1. The van der Waals surface area contributed by atoms with E-state index in [1.54, 1.807) is 30.5 Å². The number of ether oxygens (including phenoxy) is 2.